The molecular weight excluding hydrogens is 218 g/mol. The SMILES string of the molecule is COc1cc(N)c(NCCN(C)C)cc1OC. The fourth-order valence-corrected chi connectivity index (χ4v) is 1.46. The molecule has 0 aliphatic rings. The molecule has 0 saturated heterocycles. The highest BCUT2D eigenvalue weighted by atomic mass is 16.5. The van der Waals surface area contributed by atoms with Crippen molar-refractivity contribution in [2.75, 3.05) is 52.5 Å². The Kier molecular flexibility index (Phi) is 4.90. The van der Waals surface area contributed by atoms with E-state index in [1.807, 2.05) is 20.2 Å². The molecular formula is C12H21N3O2. The molecule has 0 radical (unpaired) electrons. The second-order valence-electron chi connectivity index (χ2n) is 4.02. The molecule has 0 heterocycles. The summed E-state index contributed by atoms with van der Waals surface area (Å²) in [4.78, 5) is 2.10. The molecule has 1 aromatic carbocycles. The third-order valence-electron chi connectivity index (χ3n) is 2.43. The van der Waals surface area contributed by atoms with Crippen LogP contribution >= 0.6 is 0 Å². The number of nitrogens with zero attached hydrogens (tertiary/aromatic N) is 1. The van der Waals surface area contributed by atoms with Crippen LogP contribution < -0.4 is 20.5 Å². The van der Waals surface area contributed by atoms with Gasteiger partial charge in [-0.15, -0.1) is 0 Å². The Balaban J connectivity index is 2.78. The largest absolute Gasteiger partial charge is 0.493 e. The van der Waals surface area contributed by atoms with Crippen molar-refractivity contribution in [3.8, 4) is 11.5 Å². The zero-order chi connectivity index (χ0) is 12.8. The quantitative estimate of drug-likeness (QED) is 0.732. The van der Waals surface area contributed by atoms with Gasteiger partial charge >= 0.3 is 0 Å². The molecule has 0 aromatic heterocycles. The standard InChI is InChI=1S/C12H21N3O2/c1-15(2)6-5-14-10-8-12(17-4)11(16-3)7-9(10)13/h7-8,14H,5-6,13H2,1-4H3. The van der Waals surface area contributed by atoms with E-state index in [0.29, 0.717) is 17.2 Å². The average Bonchev–Trinajstić information content (AvgIpc) is 2.30. The van der Waals surface area contributed by atoms with E-state index in [1.165, 1.54) is 0 Å². The second-order valence-corrected chi connectivity index (χ2v) is 4.02. The van der Waals surface area contributed by atoms with Gasteiger partial charge in [-0.2, -0.15) is 0 Å². The van der Waals surface area contributed by atoms with Crippen LogP contribution in [0.2, 0.25) is 0 Å². The summed E-state index contributed by atoms with van der Waals surface area (Å²) in [7, 11) is 7.26. The van der Waals surface area contributed by atoms with Crippen LogP contribution in [-0.4, -0.2) is 46.3 Å². The monoisotopic (exact) mass is 239 g/mol. The third-order valence-corrected chi connectivity index (χ3v) is 2.43. The van der Waals surface area contributed by atoms with E-state index < -0.39 is 0 Å². The number of methoxy groups -OCH3 is 2. The van der Waals surface area contributed by atoms with Gasteiger partial charge in [0.05, 0.1) is 25.6 Å². The normalized spacial score (nSPS) is 10.4. The maximum Gasteiger partial charge on any atom is 0.162 e. The highest BCUT2D eigenvalue weighted by Crippen LogP contribution is 2.34. The topological polar surface area (TPSA) is 59.8 Å². The fraction of sp³-hybridized carbons (Fsp3) is 0.500. The fourth-order valence-electron chi connectivity index (χ4n) is 1.46. The Morgan fingerprint density at radius 2 is 1.76 bits per heavy atom. The lowest BCUT2D eigenvalue weighted by Gasteiger charge is -2.15. The summed E-state index contributed by atoms with van der Waals surface area (Å²) in [6.07, 6.45) is 0. The van der Waals surface area contributed by atoms with Gasteiger partial charge in [-0.3, -0.25) is 0 Å². The Morgan fingerprint density at radius 3 is 2.29 bits per heavy atom. The minimum atomic E-state index is 0.642. The predicted molar refractivity (Wildman–Crippen MR) is 71.0 cm³/mol. The number of rotatable bonds is 6. The molecule has 1 rings (SSSR count). The van der Waals surface area contributed by atoms with Crippen molar-refractivity contribution < 1.29 is 9.47 Å². The van der Waals surface area contributed by atoms with Crippen molar-refractivity contribution in [1.82, 2.24) is 4.90 Å². The van der Waals surface area contributed by atoms with Crippen molar-refractivity contribution in [1.29, 1.82) is 0 Å². The molecule has 0 spiro atoms. The summed E-state index contributed by atoms with van der Waals surface area (Å²) in [6, 6.07) is 3.61. The van der Waals surface area contributed by atoms with E-state index in [9.17, 15) is 0 Å². The molecule has 1 aromatic rings. The number of nitrogens with two attached hydrogens (primary N) is 1. The average molecular weight is 239 g/mol. The van der Waals surface area contributed by atoms with Gasteiger partial charge in [0.1, 0.15) is 0 Å². The molecule has 5 nitrogen and oxygen atoms in total. The molecule has 0 aliphatic heterocycles. The van der Waals surface area contributed by atoms with Gasteiger partial charge in [0.25, 0.3) is 0 Å². The first-order chi connectivity index (χ1) is 8.08. The molecule has 0 fully saturated rings. The Morgan fingerprint density at radius 1 is 1.18 bits per heavy atom. The van der Waals surface area contributed by atoms with Crippen LogP contribution in [0.25, 0.3) is 0 Å². The molecule has 96 valence electrons. The summed E-state index contributed by atoms with van der Waals surface area (Å²) < 4.78 is 10.4. The van der Waals surface area contributed by atoms with E-state index in [0.717, 1.165) is 18.8 Å². The van der Waals surface area contributed by atoms with E-state index in [2.05, 4.69) is 10.2 Å². The molecule has 3 N–H and O–H groups in total. The first-order valence-corrected chi connectivity index (χ1v) is 5.48. The number of hydrogen-bond donors (Lipinski definition) is 2. The van der Waals surface area contributed by atoms with Crippen LogP contribution in [0.15, 0.2) is 12.1 Å². The Bertz CT molecular complexity index is 367. The molecule has 0 amide bonds. The maximum atomic E-state index is 5.93. The molecule has 5 heteroatoms. The first kappa shape index (κ1) is 13.4. The van der Waals surface area contributed by atoms with Crippen molar-refractivity contribution in [3.05, 3.63) is 12.1 Å². The van der Waals surface area contributed by atoms with Gasteiger partial charge in [0.15, 0.2) is 11.5 Å². The minimum Gasteiger partial charge on any atom is -0.493 e. The highest BCUT2D eigenvalue weighted by Gasteiger charge is 2.08. The van der Waals surface area contributed by atoms with Crippen LogP contribution in [0.1, 0.15) is 0 Å². The first-order valence-electron chi connectivity index (χ1n) is 5.48. The number of nitrogens with one attached hydrogen (secondary N) is 1. The van der Waals surface area contributed by atoms with Gasteiger partial charge < -0.3 is 25.4 Å². The van der Waals surface area contributed by atoms with Gasteiger partial charge in [-0.05, 0) is 14.1 Å². The molecule has 0 atom stereocenters. The minimum absolute atomic E-state index is 0.642. The van der Waals surface area contributed by atoms with Crippen LogP contribution in [-0.2, 0) is 0 Å². The van der Waals surface area contributed by atoms with Crippen LogP contribution in [0.5, 0.6) is 11.5 Å². The lowest BCUT2D eigenvalue weighted by Crippen LogP contribution is -2.21. The van der Waals surface area contributed by atoms with E-state index in [-0.39, 0.29) is 0 Å². The smallest absolute Gasteiger partial charge is 0.162 e. The van der Waals surface area contributed by atoms with E-state index in [4.69, 9.17) is 15.2 Å². The number of nitrogen functional groups attached to an aromatic ring is 1. The van der Waals surface area contributed by atoms with Crippen molar-refractivity contribution >= 4 is 11.4 Å². The number of benzene rings is 1. The van der Waals surface area contributed by atoms with Crippen molar-refractivity contribution in [2.24, 2.45) is 0 Å². The van der Waals surface area contributed by atoms with Crippen molar-refractivity contribution in [2.45, 2.75) is 0 Å². The zero-order valence-corrected chi connectivity index (χ0v) is 10.9. The van der Waals surface area contributed by atoms with Gasteiger partial charge in [0.2, 0.25) is 0 Å². The summed E-state index contributed by atoms with van der Waals surface area (Å²) in [5, 5.41) is 3.27. The second kappa shape index (κ2) is 6.20. The van der Waals surface area contributed by atoms with Crippen molar-refractivity contribution in [3.63, 3.8) is 0 Å². The van der Waals surface area contributed by atoms with E-state index in [1.54, 1.807) is 20.3 Å². The van der Waals surface area contributed by atoms with E-state index >= 15 is 0 Å². The van der Waals surface area contributed by atoms with Gasteiger partial charge in [-0.25, -0.2) is 0 Å². The summed E-state index contributed by atoms with van der Waals surface area (Å²) in [5.74, 6) is 1.32. The molecule has 0 saturated carbocycles. The van der Waals surface area contributed by atoms with Crippen LogP contribution in [0, 0.1) is 0 Å². The van der Waals surface area contributed by atoms with Gasteiger partial charge in [0, 0.05) is 25.2 Å². The molecule has 0 bridgehead atoms. The lowest BCUT2D eigenvalue weighted by molar-refractivity contribution is 0.355. The highest BCUT2D eigenvalue weighted by molar-refractivity contribution is 5.72. The molecule has 0 unspecified atom stereocenters. The van der Waals surface area contributed by atoms with Crippen LogP contribution in [0.3, 0.4) is 0 Å². The summed E-state index contributed by atoms with van der Waals surface area (Å²) >= 11 is 0. The maximum absolute atomic E-state index is 5.93. The predicted octanol–water partition coefficient (Wildman–Crippen LogP) is 1.26. The lowest BCUT2D eigenvalue weighted by atomic mass is 10.2. The third kappa shape index (κ3) is 3.71. The van der Waals surface area contributed by atoms with Crippen LogP contribution in [0.4, 0.5) is 11.4 Å². The Labute approximate surface area is 102 Å². The zero-order valence-electron chi connectivity index (χ0n) is 10.9. The number of ether oxygens (including phenoxy) is 2. The number of hydrogen-bond acceptors (Lipinski definition) is 5. The number of anilines is 2. The molecule has 17 heavy (non-hydrogen) atoms. The summed E-state index contributed by atoms with van der Waals surface area (Å²) in [6.45, 7) is 1.76. The molecule has 0 aliphatic carbocycles. The Hall–Kier alpha value is -1.62. The number of likely N-dealkylation sites (N-methyl/N-ethyl adjacent to an activating group) is 1. The van der Waals surface area contributed by atoms with Gasteiger partial charge in [-0.1, -0.05) is 0 Å². The summed E-state index contributed by atoms with van der Waals surface area (Å²) in [5.41, 5.74) is 7.45.